The van der Waals surface area contributed by atoms with E-state index in [1.807, 2.05) is 7.05 Å². The summed E-state index contributed by atoms with van der Waals surface area (Å²) in [7, 11) is 2.02. The van der Waals surface area contributed by atoms with E-state index < -0.39 is 0 Å². The second-order valence-electron chi connectivity index (χ2n) is 8.57. The molecule has 5 rings (SSSR count). The molecule has 0 saturated heterocycles. The van der Waals surface area contributed by atoms with Crippen molar-refractivity contribution in [2.24, 2.45) is 23.8 Å². The van der Waals surface area contributed by atoms with E-state index in [4.69, 9.17) is 0 Å². The first-order valence-corrected chi connectivity index (χ1v) is 7.87. The Kier molecular flexibility index (Phi) is 2.34. The predicted octanol–water partition coefficient (Wildman–Crippen LogP) is 2.56. The summed E-state index contributed by atoms with van der Waals surface area (Å²) in [5.41, 5.74) is 1.18. The van der Waals surface area contributed by atoms with Crippen LogP contribution in [-0.4, -0.2) is 19.9 Å². The SMILES string of the molecule is Cn1c(CO)nnc1C12CC3CC(C)(CC(C)(C3)C1)C2. The Morgan fingerprint density at radius 2 is 1.75 bits per heavy atom. The summed E-state index contributed by atoms with van der Waals surface area (Å²) in [4.78, 5) is 0. The van der Waals surface area contributed by atoms with Crippen molar-refractivity contribution in [2.45, 2.75) is 64.4 Å². The molecular formula is C16H25N3O. The van der Waals surface area contributed by atoms with Gasteiger partial charge < -0.3 is 9.67 Å². The van der Waals surface area contributed by atoms with Crippen LogP contribution in [0.4, 0.5) is 0 Å². The Hall–Kier alpha value is -0.900. The Labute approximate surface area is 120 Å². The van der Waals surface area contributed by atoms with Gasteiger partial charge >= 0.3 is 0 Å². The monoisotopic (exact) mass is 275 g/mol. The van der Waals surface area contributed by atoms with Crippen molar-refractivity contribution in [3.05, 3.63) is 11.6 Å². The first kappa shape index (κ1) is 12.8. The highest BCUT2D eigenvalue weighted by molar-refractivity contribution is 5.22. The molecule has 110 valence electrons. The summed E-state index contributed by atoms with van der Waals surface area (Å²) in [6.07, 6.45) is 7.95. The molecule has 2 unspecified atom stereocenters. The Morgan fingerprint density at radius 1 is 1.10 bits per heavy atom. The van der Waals surface area contributed by atoms with Crippen LogP contribution < -0.4 is 0 Å². The molecule has 20 heavy (non-hydrogen) atoms. The zero-order chi connectivity index (χ0) is 14.2. The maximum Gasteiger partial charge on any atom is 0.158 e. The molecule has 1 aromatic heterocycles. The Bertz CT molecular complexity index is 546. The van der Waals surface area contributed by atoms with Crippen LogP contribution in [-0.2, 0) is 19.1 Å². The summed E-state index contributed by atoms with van der Waals surface area (Å²) in [6.45, 7) is 4.94. The molecular weight excluding hydrogens is 250 g/mol. The smallest absolute Gasteiger partial charge is 0.158 e. The third-order valence-corrected chi connectivity index (χ3v) is 6.21. The average Bonchev–Trinajstić information content (AvgIpc) is 2.66. The van der Waals surface area contributed by atoms with Gasteiger partial charge in [0.15, 0.2) is 5.82 Å². The van der Waals surface area contributed by atoms with Gasteiger partial charge in [-0.1, -0.05) is 13.8 Å². The van der Waals surface area contributed by atoms with E-state index in [0.29, 0.717) is 16.7 Å². The lowest BCUT2D eigenvalue weighted by Gasteiger charge is -2.64. The Morgan fingerprint density at radius 3 is 2.25 bits per heavy atom. The minimum atomic E-state index is -0.0163. The third-order valence-electron chi connectivity index (χ3n) is 6.21. The molecule has 4 nitrogen and oxygen atoms in total. The molecule has 0 amide bonds. The topological polar surface area (TPSA) is 50.9 Å². The molecule has 1 N–H and O–H groups in total. The number of aliphatic hydroxyl groups is 1. The zero-order valence-electron chi connectivity index (χ0n) is 12.8. The van der Waals surface area contributed by atoms with Crippen LogP contribution in [0.25, 0.3) is 0 Å². The van der Waals surface area contributed by atoms with Gasteiger partial charge in [-0.15, -0.1) is 10.2 Å². The molecule has 4 heteroatoms. The van der Waals surface area contributed by atoms with Crippen molar-refractivity contribution in [1.82, 2.24) is 14.8 Å². The van der Waals surface area contributed by atoms with Gasteiger partial charge in [0.1, 0.15) is 12.4 Å². The lowest BCUT2D eigenvalue weighted by Crippen LogP contribution is -2.57. The standard InChI is InChI=1S/C16H25N3O/c1-14-4-11-5-15(2,8-14)10-16(6-11,9-14)13-18-17-12(7-20)19(13)3/h11,20H,4-10H2,1-3H3. The summed E-state index contributed by atoms with van der Waals surface area (Å²) < 4.78 is 2.06. The molecule has 4 aliphatic carbocycles. The van der Waals surface area contributed by atoms with E-state index in [0.717, 1.165) is 11.7 Å². The molecule has 0 spiro atoms. The highest BCUT2D eigenvalue weighted by Gasteiger charge is 2.61. The number of hydrogen-bond donors (Lipinski definition) is 1. The number of hydrogen-bond acceptors (Lipinski definition) is 3. The molecule has 4 fully saturated rings. The van der Waals surface area contributed by atoms with Gasteiger partial charge in [-0.3, -0.25) is 0 Å². The number of rotatable bonds is 2. The first-order chi connectivity index (χ1) is 9.37. The Balaban J connectivity index is 1.82. The number of aliphatic hydroxyl groups excluding tert-OH is 1. The van der Waals surface area contributed by atoms with Gasteiger partial charge in [0.2, 0.25) is 0 Å². The molecule has 4 bridgehead atoms. The van der Waals surface area contributed by atoms with Gasteiger partial charge in [0.25, 0.3) is 0 Å². The second-order valence-corrected chi connectivity index (χ2v) is 8.57. The van der Waals surface area contributed by atoms with Crippen molar-refractivity contribution in [3.8, 4) is 0 Å². The van der Waals surface area contributed by atoms with Crippen LogP contribution >= 0.6 is 0 Å². The summed E-state index contributed by atoms with van der Waals surface area (Å²) in [5, 5.41) is 18.1. The average molecular weight is 275 g/mol. The predicted molar refractivity (Wildman–Crippen MR) is 76.0 cm³/mol. The number of aromatic nitrogens is 3. The van der Waals surface area contributed by atoms with Crippen molar-refractivity contribution in [2.75, 3.05) is 0 Å². The van der Waals surface area contributed by atoms with Gasteiger partial charge in [0, 0.05) is 12.5 Å². The minimum absolute atomic E-state index is 0.0163. The van der Waals surface area contributed by atoms with Crippen molar-refractivity contribution < 1.29 is 5.11 Å². The number of nitrogens with zero attached hydrogens (tertiary/aromatic N) is 3. The van der Waals surface area contributed by atoms with Crippen LogP contribution in [0.1, 0.15) is 64.0 Å². The minimum Gasteiger partial charge on any atom is -0.388 e. The lowest BCUT2D eigenvalue weighted by atomic mass is 9.40. The molecule has 4 saturated carbocycles. The fourth-order valence-corrected chi connectivity index (χ4v) is 6.66. The highest BCUT2D eigenvalue weighted by Crippen LogP contribution is 2.69. The van der Waals surface area contributed by atoms with Crippen molar-refractivity contribution >= 4 is 0 Å². The van der Waals surface area contributed by atoms with E-state index >= 15 is 0 Å². The summed E-state index contributed by atoms with van der Waals surface area (Å²) >= 11 is 0. The van der Waals surface area contributed by atoms with E-state index in [2.05, 4.69) is 28.6 Å². The molecule has 0 aliphatic heterocycles. The van der Waals surface area contributed by atoms with Gasteiger partial charge in [0.05, 0.1) is 0 Å². The van der Waals surface area contributed by atoms with Gasteiger partial charge in [-0.2, -0.15) is 0 Å². The molecule has 4 aliphatic rings. The molecule has 1 heterocycles. The summed E-state index contributed by atoms with van der Waals surface area (Å²) in [5.74, 6) is 2.68. The van der Waals surface area contributed by atoms with Crippen LogP contribution in [0.2, 0.25) is 0 Å². The maximum atomic E-state index is 9.39. The van der Waals surface area contributed by atoms with Crippen molar-refractivity contribution in [1.29, 1.82) is 0 Å². The van der Waals surface area contributed by atoms with Crippen molar-refractivity contribution in [3.63, 3.8) is 0 Å². The van der Waals surface area contributed by atoms with Gasteiger partial charge in [-0.05, 0) is 55.3 Å². The van der Waals surface area contributed by atoms with Crippen LogP contribution in [0.15, 0.2) is 0 Å². The van der Waals surface area contributed by atoms with E-state index in [-0.39, 0.29) is 12.0 Å². The largest absolute Gasteiger partial charge is 0.388 e. The normalized spacial score (nSPS) is 46.1. The van der Waals surface area contributed by atoms with Crippen LogP contribution in [0.3, 0.4) is 0 Å². The summed E-state index contributed by atoms with van der Waals surface area (Å²) in [6, 6.07) is 0. The van der Waals surface area contributed by atoms with Crippen LogP contribution in [0.5, 0.6) is 0 Å². The quantitative estimate of drug-likeness (QED) is 0.902. The fraction of sp³-hybridized carbons (Fsp3) is 0.875. The first-order valence-electron chi connectivity index (χ1n) is 7.87. The molecule has 0 radical (unpaired) electrons. The van der Waals surface area contributed by atoms with Gasteiger partial charge in [-0.25, -0.2) is 0 Å². The maximum absolute atomic E-state index is 9.39. The third kappa shape index (κ3) is 1.57. The van der Waals surface area contributed by atoms with Crippen LogP contribution in [0, 0.1) is 16.7 Å². The molecule has 0 aromatic carbocycles. The second kappa shape index (κ2) is 3.65. The van der Waals surface area contributed by atoms with E-state index in [9.17, 15) is 5.11 Å². The van der Waals surface area contributed by atoms with E-state index in [1.54, 1.807) is 0 Å². The highest BCUT2D eigenvalue weighted by atomic mass is 16.3. The fourth-order valence-electron chi connectivity index (χ4n) is 6.66. The lowest BCUT2D eigenvalue weighted by molar-refractivity contribution is -0.113. The zero-order valence-corrected chi connectivity index (χ0v) is 12.8. The van der Waals surface area contributed by atoms with E-state index in [1.165, 1.54) is 38.5 Å². The molecule has 1 aromatic rings. The molecule has 2 atom stereocenters.